The number of aliphatic hydroxyl groups is 1. The minimum absolute atomic E-state index is 0.146. The number of rotatable bonds is 6. The third kappa shape index (κ3) is 3.71. The quantitative estimate of drug-likeness (QED) is 0.539. The van der Waals surface area contributed by atoms with Crippen LogP contribution in [0.1, 0.15) is 30.9 Å². The fourth-order valence-electron chi connectivity index (χ4n) is 3.02. The van der Waals surface area contributed by atoms with Crippen LogP contribution in [0, 0.1) is 12.3 Å². The lowest BCUT2D eigenvalue weighted by molar-refractivity contribution is -0.147. The second-order valence-electron chi connectivity index (χ2n) is 6.47. The first kappa shape index (κ1) is 17.4. The number of likely N-dealkylation sites (tertiary alicyclic amines) is 1. The molecule has 1 fully saturated rings. The van der Waals surface area contributed by atoms with Crippen LogP contribution in [0.4, 0.5) is 0 Å². The standard InChI is InChI=1S/C17H24N2O4/c1-12-3-5-13(6-4-12)7-8-17(2)9-10-19(16(17)22)14(11-20)15(21)18-23/h3-6,14,20,23H,7-11H2,1-2H3,(H,18,21). The summed E-state index contributed by atoms with van der Waals surface area (Å²) in [7, 11) is 0. The largest absolute Gasteiger partial charge is 0.394 e. The van der Waals surface area contributed by atoms with E-state index < -0.39 is 24.0 Å². The Balaban J connectivity index is 2.03. The summed E-state index contributed by atoms with van der Waals surface area (Å²) in [5.41, 5.74) is 3.34. The normalized spacial score (nSPS) is 22.3. The first-order valence-corrected chi connectivity index (χ1v) is 7.83. The molecule has 2 unspecified atom stereocenters. The minimum Gasteiger partial charge on any atom is -0.394 e. The van der Waals surface area contributed by atoms with E-state index >= 15 is 0 Å². The molecule has 0 aliphatic carbocycles. The zero-order chi connectivity index (χ0) is 17.0. The fourth-order valence-corrected chi connectivity index (χ4v) is 3.02. The van der Waals surface area contributed by atoms with Crippen molar-refractivity contribution < 1.29 is 19.9 Å². The third-order valence-electron chi connectivity index (χ3n) is 4.73. The van der Waals surface area contributed by atoms with Gasteiger partial charge in [0.15, 0.2) is 0 Å². The van der Waals surface area contributed by atoms with Gasteiger partial charge in [0.2, 0.25) is 5.91 Å². The Kier molecular flexibility index (Phi) is 5.38. The van der Waals surface area contributed by atoms with E-state index in [0.717, 1.165) is 6.42 Å². The number of carbonyl (C=O) groups excluding carboxylic acids is 2. The SMILES string of the molecule is Cc1ccc(CCC2(C)CCN(C(CO)C(=O)NO)C2=O)cc1. The molecule has 3 N–H and O–H groups in total. The molecule has 6 heteroatoms. The molecule has 0 spiro atoms. The number of amides is 2. The van der Waals surface area contributed by atoms with Gasteiger partial charge in [0.05, 0.1) is 6.61 Å². The summed E-state index contributed by atoms with van der Waals surface area (Å²) in [5.74, 6) is -0.907. The number of benzene rings is 1. The number of carbonyl (C=O) groups is 2. The van der Waals surface area contributed by atoms with Gasteiger partial charge in [-0.2, -0.15) is 0 Å². The summed E-state index contributed by atoms with van der Waals surface area (Å²) in [4.78, 5) is 25.6. The Morgan fingerprint density at radius 3 is 2.61 bits per heavy atom. The summed E-state index contributed by atoms with van der Waals surface area (Å²) >= 11 is 0. The van der Waals surface area contributed by atoms with Gasteiger partial charge in [0.1, 0.15) is 6.04 Å². The lowest BCUT2D eigenvalue weighted by Crippen LogP contribution is -2.50. The van der Waals surface area contributed by atoms with Crippen LogP contribution in [0.3, 0.4) is 0 Å². The zero-order valence-corrected chi connectivity index (χ0v) is 13.6. The Morgan fingerprint density at radius 1 is 1.39 bits per heavy atom. The van der Waals surface area contributed by atoms with Gasteiger partial charge >= 0.3 is 0 Å². The number of aryl methyl sites for hydroxylation is 2. The van der Waals surface area contributed by atoms with Crippen molar-refractivity contribution >= 4 is 11.8 Å². The lowest BCUT2D eigenvalue weighted by atomic mass is 9.82. The Morgan fingerprint density at radius 2 is 2.04 bits per heavy atom. The summed E-state index contributed by atoms with van der Waals surface area (Å²) in [6.07, 6.45) is 2.10. The Hall–Kier alpha value is -1.92. The highest BCUT2D eigenvalue weighted by Gasteiger charge is 2.46. The van der Waals surface area contributed by atoms with Gasteiger partial charge in [0.25, 0.3) is 5.91 Å². The van der Waals surface area contributed by atoms with Gasteiger partial charge in [-0.15, -0.1) is 0 Å². The van der Waals surface area contributed by atoms with Crippen LogP contribution in [0.5, 0.6) is 0 Å². The van der Waals surface area contributed by atoms with Crippen molar-refractivity contribution in [2.24, 2.45) is 5.41 Å². The van der Waals surface area contributed by atoms with E-state index in [1.165, 1.54) is 21.5 Å². The molecule has 2 rings (SSSR count). The molecule has 1 heterocycles. The van der Waals surface area contributed by atoms with Gasteiger partial charge in [-0.1, -0.05) is 36.8 Å². The summed E-state index contributed by atoms with van der Waals surface area (Å²) in [6, 6.07) is 7.19. The smallest absolute Gasteiger partial charge is 0.268 e. The monoisotopic (exact) mass is 320 g/mol. The van der Waals surface area contributed by atoms with E-state index in [9.17, 15) is 14.7 Å². The lowest BCUT2D eigenvalue weighted by Gasteiger charge is -2.27. The van der Waals surface area contributed by atoms with E-state index in [0.29, 0.717) is 19.4 Å². The molecule has 6 nitrogen and oxygen atoms in total. The van der Waals surface area contributed by atoms with Crippen LogP contribution in [-0.4, -0.2) is 46.2 Å². The maximum Gasteiger partial charge on any atom is 0.268 e. The molecule has 1 aromatic rings. The molecule has 126 valence electrons. The van der Waals surface area contributed by atoms with E-state index in [4.69, 9.17) is 5.21 Å². The molecule has 0 radical (unpaired) electrons. The van der Waals surface area contributed by atoms with Gasteiger partial charge in [-0.3, -0.25) is 14.8 Å². The fraction of sp³-hybridized carbons (Fsp3) is 0.529. The molecule has 1 aliphatic heterocycles. The summed E-state index contributed by atoms with van der Waals surface area (Å²) in [6.45, 7) is 3.83. The molecule has 0 aromatic heterocycles. The molecule has 1 saturated heterocycles. The molecule has 0 saturated carbocycles. The van der Waals surface area contributed by atoms with Crippen molar-refractivity contribution in [2.75, 3.05) is 13.2 Å². The average molecular weight is 320 g/mol. The van der Waals surface area contributed by atoms with Crippen LogP contribution in [0.25, 0.3) is 0 Å². The first-order valence-electron chi connectivity index (χ1n) is 7.83. The summed E-state index contributed by atoms with van der Waals surface area (Å²) in [5, 5.41) is 18.1. The molecule has 2 amide bonds. The molecular weight excluding hydrogens is 296 g/mol. The van der Waals surface area contributed by atoms with Crippen molar-refractivity contribution in [2.45, 2.75) is 39.2 Å². The third-order valence-corrected chi connectivity index (χ3v) is 4.73. The molecule has 2 atom stereocenters. The van der Waals surface area contributed by atoms with E-state index in [2.05, 4.69) is 12.1 Å². The van der Waals surface area contributed by atoms with Crippen molar-refractivity contribution in [3.63, 3.8) is 0 Å². The van der Waals surface area contributed by atoms with Crippen molar-refractivity contribution in [1.82, 2.24) is 10.4 Å². The van der Waals surface area contributed by atoms with Crippen molar-refractivity contribution in [3.8, 4) is 0 Å². The predicted octanol–water partition coefficient (Wildman–Crippen LogP) is 1.03. The van der Waals surface area contributed by atoms with Crippen LogP contribution >= 0.6 is 0 Å². The highest BCUT2D eigenvalue weighted by atomic mass is 16.5. The van der Waals surface area contributed by atoms with E-state index in [-0.39, 0.29) is 5.91 Å². The van der Waals surface area contributed by atoms with Gasteiger partial charge in [-0.05, 0) is 31.7 Å². The number of aliphatic hydroxyl groups excluding tert-OH is 1. The minimum atomic E-state index is -1.03. The number of hydroxylamine groups is 1. The Bertz CT molecular complexity index is 572. The molecule has 1 aliphatic rings. The highest BCUT2D eigenvalue weighted by Crippen LogP contribution is 2.37. The second-order valence-corrected chi connectivity index (χ2v) is 6.47. The Labute approximate surface area is 136 Å². The number of hydrogen-bond donors (Lipinski definition) is 3. The molecule has 23 heavy (non-hydrogen) atoms. The maximum atomic E-state index is 12.7. The molecular formula is C17H24N2O4. The first-order chi connectivity index (χ1) is 10.9. The van der Waals surface area contributed by atoms with Crippen LogP contribution in [-0.2, 0) is 16.0 Å². The molecule has 1 aromatic carbocycles. The van der Waals surface area contributed by atoms with Crippen molar-refractivity contribution in [3.05, 3.63) is 35.4 Å². The number of nitrogens with one attached hydrogen (secondary N) is 1. The topological polar surface area (TPSA) is 89.9 Å². The van der Waals surface area contributed by atoms with Crippen LogP contribution < -0.4 is 5.48 Å². The van der Waals surface area contributed by atoms with Crippen LogP contribution in [0.15, 0.2) is 24.3 Å². The molecule has 0 bridgehead atoms. The highest BCUT2D eigenvalue weighted by molar-refractivity contribution is 5.91. The maximum absolute atomic E-state index is 12.7. The second kappa shape index (κ2) is 7.10. The van der Waals surface area contributed by atoms with Crippen LogP contribution in [0.2, 0.25) is 0 Å². The van der Waals surface area contributed by atoms with Gasteiger partial charge in [-0.25, -0.2) is 5.48 Å². The van der Waals surface area contributed by atoms with Gasteiger partial charge < -0.3 is 10.0 Å². The predicted molar refractivity (Wildman–Crippen MR) is 84.7 cm³/mol. The summed E-state index contributed by atoms with van der Waals surface area (Å²) < 4.78 is 0. The van der Waals surface area contributed by atoms with E-state index in [1.54, 1.807) is 0 Å². The van der Waals surface area contributed by atoms with E-state index in [1.807, 2.05) is 26.0 Å². The van der Waals surface area contributed by atoms with Crippen molar-refractivity contribution in [1.29, 1.82) is 0 Å². The number of hydrogen-bond acceptors (Lipinski definition) is 4. The zero-order valence-electron chi connectivity index (χ0n) is 13.6. The van der Waals surface area contributed by atoms with Gasteiger partial charge in [0, 0.05) is 12.0 Å². The number of nitrogens with zero attached hydrogens (tertiary/aromatic N) is 1. The average Bonchev–Trinajstić information content (AvgIpc) is 2.84.